The molecule has 1 fully saturated rings. The maximum atomic E-state index is 11.6. The van der Waals surface area contributed by atoms with Crippen molar-refractivity contribution in [2.45, 2.75) is 26.3 Å². The van der Waals surface area contributed by atoms with Crippen molar-refractivity contribution < 1.29 is 13.2 Å². The van der Waals surface area contributed by atoms with Gasteiger partial charge in [-0.3, -0.25) is 0 Å². The van der Waals surface area contributed by atoms with Crippen LogP contribution in [0, 0.1) is 0 Å². The molecule has 20 heavy (non-hydrogen) atoms. The third kappa shape index (κ3) is 3.56. The number of hydrogen-bond donors (Lipinski definition) is 1. The van der Waals surface area contributed by atoms with Crippen molar-refractivity contribution in [3.8, 4) is 5.75 Å². The second-order valence-corrected chi connectivity index (χ2v) is 7.49. The number of nitrogens with two attached hydrogens (primary N) is 1. The molecule has 1 unspecified atom stereocenters. The number of anilines is 2. The number of rotatable bonds is 4. The van der Waals surface area contributed by atoms with Gasteiger partial charge in [0, 0.05) is 36.1 Å². The van der Waals surface area contributed by atoms with Crippen molar-refractivity contribution in [3.05, 3.63) is 18.2 Å². The molecular formula is C14H22N2O3S. The van der Waals surface area contributed by atoms with Gasteiger partial charge in [-0.25, -0.2) is 8.42 Å². The first-order valence-corrected chi connectivity index (χ1v) is 8.74. The molecular weight excluding hydrogens is 276 g/mol. The predicted molar refractivity (Wildman–Crippen MR) is 82.1 cm³/mol. The maximum absolute atomic E-state index is 11.6. The molecule has 1 aliphatic heterocycles. The van der Waals surface area contributed by atoms with E-state index < -0.39 is 9.84 Å². The standard InChI is InChI=1S/C14H22N2O3S/c1-3-5-19-14-8-12(15)7-13(9-14)16-4-6-20(17,18)10-11(16)2/h7-9,11H,3-6,10,15H2,1-2H3. The molecule has 1 atom stereocenters. The Morgan fingerprint density at radius 1 is 1.40 bits per heavy atom. The topological polar surface area (TPSA) is 72.6 Å². The lowest BCUT2D eigenvalue weighted by atomic mass is 10.2. The van der Waals surface area contributed by atoms with Crippen LogP contribution in [0.4, 0.5) is 11.4 Å². The third-order valence-electron chi connectivity index (χ3n) is 3.39. The summed E-state index contributed by atoms with van der Waals surface area (Å²) in [5, 5.41) is 0. The van der Waals surface area contributed by atoms with Crippen molar-refractivity contribution in [3.63, 3.8) is 0 Å². The normalized spacial score (nSPS) is 21.7. The number of sulfone groups is 1. The first kappa shape index (κ1) is 15.0. The molecule has 1 aliphatic rings. The minimum absolute atomic E-state index is 0.0467. The number of ether oxygens (including phenoxy) is 1. The Balaban J connectivity index is 2.22. The zero-order valence-corrected chi connectivity index (χ0v) is 12.8. The van der Waals surface area contributed by atoms with Crippen LogP contribution in [0.1, 0.15) is 20.3 Å². The van der Waals surface area contributed by atoms with Crippen molar-refractivity contribution in [2.24, 2.45) is 0 Å². The molecule has 5 nitrogen and oxygen atoms in total. The van der Waals surface area contributed by atoms with E-state index in [0.717, 1.165) is 17.9 Å². The molecule has 2 N–H and O–H groups in total. The number of nitrogens with zero attached hydrogens (tertiary/aromatic N) is 1. The largest absolute Gasteiger partial charge is 0.493 e. The minimum atomic E-state index is -2.91. The Morgan fingerprint density at radius 2 is 2.15 bits per heavy atom. The SMILES string of the molecule is CCCOc1cc(N)cc(N2CCS(=O)(=O)CC2C)c1. The zero-order valence-electron chi connectivity index (χ0n) is 12.0. The summed E-state index contributed by atoms with van der Waals surface area (Å²) in [6.07, 6.45) is 0.933. The second kappa shape index (κ2) is 5.91. The summed E-state index contributed by atoms with van der Waals surface area (Å²) in [5.41, 5.74) is 7.47. The molecule has 1 aromatic carbocycles. The molecule has 6 heteroatoms. The van der Waals surface area contributed by atoms with Crippen molar-refractivity contribution in [2.75, 3.05) is 35.3 Å². The van der Waals surface area contributed by atoms with Gasteiger partial charge in [0.05, 0.1) is 18.1 Å². The Labute approximate surface area is 120 Å². The number of nitrogen functional groups attached to an aromatic ring is 1. The summed E-state index contributed by atoms with van der Waals surface area (Å²) in [7, 11) is -2.91. The number of hydrogen-bond acceptors (Lipinski definition) is 5. The average Bonchev–Trinajstić information content (AvgIpc) is 2.34. The highest BCUT2D eigenvalue weighted by atomic mass is 32.2. The van der Waals surface area contributed by atoms with E-state index in [1.807, 2.05) is 26.0 Å². The Kier molecular flexibility index (Phi) is 4.42. The van der Waals surface area contributed by atoms with Gasteiger partial charge >= 0.3 is 0 Å². The Morgan fingerprint density at radius 3 is 2.80 bits per heavy atom. The third-order valence-corrected chi connectivity index (χ3v) is 5.18. The van der Waals surface area contributed by atoms with Crippen LogP contribution in [0.3, 0.4) is 0 Å². The van der Waals surface area contributed by atoms with E-state index >= 15 is 0 Å². The molecule has 1 heterocycles. The van der Waals surface area contributed by atoms with Gasteiger partial charge in [0.2, 0.25) is 0 Å². The first-order chi connectivity index (χ1) is 9.41. The van der Waals surface area contributed by atoms with E-state index in [1.165, 1.54) is 0 Å². The van der Waals surface area contributed by atoms with Gasteiger partial charge < -0.3 is 15.4 Å². The lowest BCUT2D eigenvalue weighted by molar-refractivity contribution is 0.317. The first-order valence-electron chi connectivity index (χ1n) is 6.91. The minimum Gasteiger partial charge on any atom is -0.493 e. The van der Waals surface area contributed by atoms with Crippen LogP contribution >= 0.6 is 0 Å². The fraction of sp³-hybridized carbons (Fsp3) is 0.571. The molecule has 0 amide bonds. The number of benzene rings is 1. The Hall–Kier alpha value is -1.43. The zero-order chi connectivity index (χ0) is 14.8. The predicted octanol–water partition coefficient (Wildman–Crippen LogP) is 1.68. The fourth-order valence-corrected chi connectivity index (χ4v) is 4.01. The monoisotopic (exact) mass is 298 g/mol. The van der Waals surface area contributed by atoms with Crippen molar-refractivity contribution in [1.82, 2.24) is 0 Å². The molecule has 0 spiro atoms. The van der Waals surface area contributed by atoms with Crippen molar-refractivity contribution in [1.29, 1.82) is 0 Å². The maximum Gasteiger partial charge on any atom is 0.154 e. The second-order valence-electron chi connectivity index (χ2n) is 5.27. The highest BCUT2D eigenvalue weighted by molar-refractivity contribution is 7.91. The van der Waals surface area contributed by atoms with E-state index in [9.17, 15) is 8.42 Å². The van der Waals surface area contributed by atoms with Crippen LogP contribution in [0.2, 0.25) is 0 Å². The van der Waals surface area contributed by atoms with E-state index in [4.69, 9.17) is 10.5 Å². The summed E-state index contributed by atoms with van der Waals surface area (Å²) in [4.78, 5) is 2.08. The van der Waals surface area contributed by atoms with E-state index in [2.05, 4.69) is 4.90 Å². The summed E-state index contributed by atoms with van der Waals surface area (Å²) in [6.45, 7) is 5.12. The van der Waals surface area contributed by atoms with Crippen LogP contribution < -0.4 is 15.4 Å². The molecule has 2 rings (SSSR count). The lowest BCUT2D eigenvalue weighted by Crippen LogP contribution is -2.47. The van der Waals surface area contributed by atoms with Gasteiger partial charge in [0.1, 0.15) is 5.75 Å². The molecule has 0 bridgehead atoms. The van der Waals surface area contributed by atoms with Gasteiger partial charge in [-0.1, -0.05) is 6.92 Å². The Bertz CT molecular complexity index is 572. The smallest absolute Gasteiger partial charge is 0.154 e. The van der Waals surface area contributed by atoms with E-state index in [1.54, 1.807) is 6.07 Å². The quantitative estimate of drug-likeness (QED) is 0.856. The summed E-state index contributed by atoms with van der Waals surface area (Å²) in [5.74, 6) is 1.12. The van der Waals surface area contributed by atoms with Gasteiger partial charge in [0.15, 0.2) is 9.84 Å². The van der Waals surface area contributed by atoms with Crippen molar-refractivity contribution >= 4 is 21.2 Å². The van der Waals surface area contributed by atoms with Gasteiger partial charge in [0.25, 0.3) is 0 Å². The molecule has 0 saturated carbocycles. The molecule has 112 valence electrons. The molecule has 0 aromatic heterocycles. The van der Waals surface area contributed by atoms with Gasteiger partial charge in [-0.2, -0.15) is 0 Å². The van der Waals surface area contributed by atoms with Crippen LogP contribution in [-0.2, 0) is 9.84 Å². The van der Waals surface area contributed by atoms with Crippen LogP contribution in [0.15, 0.2) is 18.2 Å². The van der Waals surface area contributed by atoms with Crippen LogP contribution in [0.5, 0.6) is 5.75 Å². The highest BCUT2D eigenvalue weighted by Gasteiger charge is 2.28. The van der Waals surface area contributed by atoms with E-state index in [0.29, 0.717) is 18.8 Å². The molecule has 1 aromatic rings. The summed E-state index contributed by atoms with van der Waals surface area (Å²) in [6, 6.07) is 5.55. The average molecular weight is 298 g/mol. The lowest BCUT2D eigenvalue weighted by Gasteiger charge is -2.35. The molecule has 1 saturated heterocycles. The molecule has 0 aliphatic carbocycles. The summed E-state index contributed by atoms with van der Waals surface area (Å²) < 4.78 is 28.9. The fourth-order valence-electron chi connectivity index (χ4n) is 2.46. The molecule has 0 radical (unpaired) electrons. The van der Waals surface area contributed by atoms with Gasteiger partial charge in [-0.15, -0.1) is 0 Å². The summed E-state index contributed by atoms with van der Waals surface area (Å²) >= 11 is 0. The van der Waals surface area contributed by atoms with Crippen LogP contribution in [-0.4, -0.2) is 39.1 Å². The van der Waals surface area contributed by atoms with E-state index in [-0.39, 0.29) is 17.5 Å². The van der Waals surface area contributed by atoms with Gasteiger partial charge in [-0.05, 0) is 19.4 Å². The van der Waals surface area contributed by atoms with Crippen LogP contribution in [0.25, 0.3) is 0 Å². The highest BCUT2D eigenvalue weighted by Crippen LogP contribution is 2.28.